The predicted octanol–water partition coefficient (Wildman–Crippen LogP) is 3.45. The summed E-state index contributed by atoms with van der Waals surface area (Å²) in [5, 5.41) is 11.4. The van der Waals surface area contributed by atoms with E-state index >= 15 is 0 Å². The second-order valence-corrected chi connectivity index (χ2v) is 7.15. The molecule has 2 amide bonds. The zero-order chi connectivity index (χ0) is 19.1. The van der Waals surface area contributed by atoms with Crippen LogP contribution in [0, 0.1) is 12.8 Å². The number of amides is 2. The fourth-order valence-electron chi connectivity index (χ4n) is 3.11. The molecule has 1 saturated heterocycles. The summed E-state index contributed by atoms with van der Waals surface area (Å²) in [4.78, 5) is 36.9. The normalized spacial score (nSPS) is 14.9. The Morgan fingerprint density at radius 3 is 2.42 bits per heavy atom. The molecule has 0 bridgehead atoms. The summed E-state index contributed by atoms with van der Waals surface area (Å²) in [6.45, 7) is 5.68. The molecular formula is C20H28N2O4. The number of nitrogens with one attached hydrogen (secondary N) is 1. The molecule has 142 valence electrons. The number of hydrogen-bond acceptors (Lipinski definition) is 3. The van der Waals surface area contributed by atoms with Crippen LogP contribution in [0.5, 0.6) is 0 Å². The molecule has 1 aromatic carbocycles. The Labute approximate surface area is 154 Å². The molecule has 0 aromatic heterocycles. The summed E-state index contributed by atoms with van der Waals surface area (Å²) in [6.07, 6.45) is 3.49. The minimum absolute atomic E-state index is 0.0477. The lowest BCUT2D eigenvalue weighted by Gasteiger charge is -2.30. The van der Waals surface area contributed by atoms with E-state index in [4.69, 9.17) is 5.11 Å². The van der Waals surface area contributed by atoms with Crippen molar-refractivity contribution >= 4 is 23.5 Å². The average Bonchev–Trinajstić information content (AvgIpc) is 2.60. The zero-order valence-corrected chi connectivity index (χ0v) is 15.6. The Balaban J connectivity index is 1.89. The number of carboxylic acid groups (broad SMARTS) is 1. The van der Waals surface area contributed by atoms with Crippen LogP contribution >= 0.6 is 0 Å². The molecule has 0 aliphatic carbocycles. The summed E-state index contributed by atoms with van der Waals surface area (Å²) in [5.74, 6) is -0.257. The molecule has 1 fully saturated rings. The van der Waals surface area contributed by atoms with Crippen molar-refractivity contribution in [3.05, 3.63) is 29.3 Å². The standard InChI is InChI=1S/C20H28N2O4/c1-14-9-11-22(12-10-14)20(26)16-7-8-17(15(2)13-16)21-18(23)5-3-4-6-19(24)25/h7-8,13-14H,3-6,9-12H2,1-2H3,(H,21,23)(H,24,25). The van der Waals surface area contributed by atoms with E-state index in [1.807, 2.05) is 17.9 Å². The molecule has 1 aliphatic heterocycles. The van der Waals surface area contributed by atoms with E-state index in [1.54, 1.807) is 12.1 Å². The number of benzene rings is 1. The van der Waals surface area contributed by atoms with E-state index in [0.717, 1.165) is 31.5 Å². The Hall–Kier alpha value is -2.37. The van der Waals surface area contributed by atoms with Crippen molar-refractivity contribution < 1.29 is 19.5 Å². The average molecular weight is 360 g/mol. The highest BCUT2D eigenvalue weighted by molar-refractivity contribution is 5.96. The van der Waals surface area contributed by atoms with Gasteiger partial charge in [-0.3, -0.25) is 14.4 Å². The first-order chi connectivity index (χ1) is 12.4. The van der Waals surface area contributed by atoms with Crippen molar-refractivity contribution in [2.24, 2.45) is 5.92 Å². The largest absolute Gasteiger partial charge is 0.481 e. The van der Waals surface area contributed by atoms with Crippen LogP contribution in [-0.4, -0.2) is 40.9 Å². The third kappa shape index (κ3) is 5.86. The molecule has 2 N–H and O–H groups in total. The van der Waals surface area contributed by atoms with Gasteiger partial charge < -0.3 is 15.3 Å². The summed E-state index contributed by atoms with van der Waals surface area (Å²) in [5.41, 5.74) is 2.19. The number of likely N-dealkylation sites (tertiary alicyclic amines) is 1. The molecule has 1 aromatic rings. The Kier molecular flexibility index (Phi) is 7.18. The maximum Gasteiger partial charge on any atom is 0.303 e. The maximum absolute atomic E-state index is 12.6. The number of carbonyl (C=O) groups is 3. The van der Waals surface area contributed by atoms with Crippen molar-refractivity contribution in [3.8, 4) is 0 Å². The number of nitrogens with zero attached hydrogens (tertiary/aromatic N) is 1. The molecule has 1 heterocycles. The van der Waals surface area contributed by atoms with Gasteiger partial charge in [0.15, 0.2) is 0 Å². The van der Waals surface area contributed by atoms with Gasteiger partial charge in [0.25, 0.3) is 5.91 Å². The van der Waals surface area contributed by atoms with E-state index in [-0.39, 0.29) is 18.2 Å². The van der Waals surface area contributed by atoms with Crippen LogP contribution in [0.4, 0.5) is 5.69 Å². The Morgan fingerprint density at radius 1 is 1.15 bits per heavy atom. The third-order valence-corrected chi connectivity index (χ3v) is 4.86. The molecule has 0 spiro atoms. The number of unbranched alkanes of at least 4 members (excludes halogenated alkanes) is 1. The second kappa shape index (κ2) is 9.36. The van der Waals surface area contributed by atoms with E-state index in [1.165, 1.54) is 0 Å². The van der Waals surface area contributed by atoms with Crippen LogP contribution in [0.2, 0.25) is 0 Å². The third-order valence-electron chi connectivity index (χ3n) is 4.86. The van der Waals surface area contributed by atoms with Gasteiger partial charge in [-0.2, -0.15) is 0 Å². The second-order valence-electron chi connectivity index (χ2n) is 7.15. The first-order valence-electron chi connectivity index (χ1n) is 9.28. The lowest BCUT2D eigenvalue weighted by molar-refractivity contribution is -0.137. The molecule has 0 atom stereocenters. The molecule has 6 heteroatoms. The highest BCUT2D eigenvalue weighted by atomic mass is 16.4. The molecule has 0 radical (unpaired) electrons. The maximum atomic E-state index is 12.6. The number of hydrogen-bond donors (Lipinski definition) is 2. The van der Waals surface area contributed by atoms with Crippen LogP contribution in [0.25, 0.3) is 0 Å². The predicted molar refractivity (Wildman–Crippen MR) is 100 cm³/mol. The number of rotatable bonds is 7. The first-order valence-corrected chi connectivity index (χ1v) is 9.28. The van der Waals surface area contributed by atoms with Crippen LogP contribution in [0.3, 0.4) is 0 Å². The highest BCUT2D eigenvalue weighted by Gasteiger charge is 2.21. The molecule has 0 saturated carbocycles. The summed E-state index contributed by atoms with van der Waals surface area (Å²) >= 11 is 0. The van der Waals surface area contributed by atoms with Gasteiger partial charge in [-0.1, -0.05) is 6.92 Å². The van der Waals surface area contributed by atoms with Crippen LogP contribution < -0.4 is 5.32 Å². The Morgan fingerprint density at radius 2 is 1.81 bits per heavy atom. The van der Waals surface area contributed by atoms with Crippen LogP contribution in [-0.2, 0) is 9.59 Å². The van der Waals surface area contributed by atoms with Crippen molar-refractivity contribution in [2.75, 3.05) is 18.4 Å². The lowest BCUT2D eigenvalue weighted by Crippen LogP contribution is -2.37. The number of aliphatic carboxylic acids is 1. The zero-order valence-electron chi connectivity index (χ0n) is 15.6. The fraction of sp³-hybridized carbons (Fsp3) is 0.550. The molecule has 1 aliphatic rings. The van der Waals surface area contributed by atoms with Gasteiger partial charge >= 0.3 is 5.97 Å². The van der Waals surface area contributed by atoms with Crippen molar-refractivity contribution in [3.63, 3.8) is 0 Å². The fourth-order valence-corrected chi connectivity index (χ4v) is 3.11. The SMILES string of the molecule is Cc1cc(C(=O)N2CCC(C)CC2)ccc1NC(=O)CCCCC(=O)O. The van der Waals surface area contributed by atoms with Gasteiger partial charge in [-0.15, -0.1) is 0 Å². The van der Waals surface area contributed by atoms with Crippen LogP contribution in [0.15, 0.2) is 18.2 Å². The van der Waals surface area contributed by atoms with Crippen molar-refractivity contribution in [1.82, 2.24) is 4.90 Å². The van der Waals surface area contributed by atoms with Gasteiger partial charge in [-0.25, -0.2) is 0 Å². The number of piperidine rings is 1. The summed E-state index contributed by atoms with van der Waals surface area (Å²) in [6, 6.07) is 5.35. The Bertz CT molecular complexity index is 664. The molecule has 0 unspecified atom stereocenters. The summed E-state index contributed by atoms with van der Waals surface area (Å²) in [7, 11) is 0. The van der Waals surface area contributed by atoms with Crippen LogP contribution in [0.1, 0.15) is 61.4 Å². The van der Waals surface area contributed by atoms with Gasteiger partial charge in [0.2, 0.25) is 5.91 Å². The van der Waals surface area contributed by atoms with E-state index in [0.29, 0.717) is 36.4 Å². The van der Waals surface area contributed by atoms with Crippen molar-refractivity contribution in [1.29, 1.82) is 0 Å². The van der Waals surface area contributed by atoms with Gasteiger partial charge in [0.1, 0.15) is 0 Å². The first kappa shape index (κ1) is 19.9. The minimum atomic E-state index is -0.843. The number of carbonyl (C=O) groups excluding carboxylic acids is 2. The number of carboxylic acids is 1. The molecular weight excluding hydrogens is 332 g/mol. The smallest absolute Gasteiger partial charge is 0.303 e. The van der Waals surface area contributed by atoms with Gasteiger partial charge in [0, 0.05) is 37.2 Å². The van der Waals surface area contributed by atoms with Gasteiger partial charge in [0.05, 0.1) is 0 Å². The van der Waals surface area contributed by atoms with E-state index < -0.39 is 5.97 Å². The number of aryl methyl sites for hydroxylation is 1. The molecule has 26 heavy (non-hydrogen) atoms. The molecule has 2 rings (SSSR count). The molecule has 6 nitrogen and oxygen atoms in total. The van der Waals surface area contributed by atoms with Crippen molar-refractivity contribution in [2.45, 2.75) is 52.4 Å². The minimum Gasteiger partial charge on any atom is -0.481 e. The number of anilines is 1. The monoisotopic (exact) mass is 360 g/mol. The van der Waals surface area contributed by atoms with Gasteiger partial charge in [-0.05, 0) is 62.3 Å². The highest BCUT2D eigenvalue weighted by Crippen LogP contribution is 2.21. The van der Waals surface area contributed by atoms with E-state index in [2.05, 4.69) is 12.2 Å². The van der Waals surface area contributed by atoms with E-state index in [9.17, 15) is 14.4 Å². The quantitative estimate of drug-likeness (QED) is 0.729. The summed E-state index contributed by atoms with van der Waals surface area (Å²) < 4.78 is 0. The lowest BCUT2D eigenvalue weighted by atomic mass is 9.98. The topological polar surface area (TPSA) is 86.7 Å².